The topological polar surface area (TPSA) is 110 Å². The maximum atomic E-state index is 13.1. The number of non-ortho nitro benzene ring substituents is 1. The number of hydrogen-bond donors (Lipinski definition) is 1. The lowest BCUT2D eigenvalue weighted by Crippen LogP contribution is -2.49. The predicted octanol–water partition coefficient (Wildman–Crippen LogP) is 3.92. The Morgan fingerprint density at radius 1 is 1.12 bits per heavy atom. The molecule has 0 aromatic heterocycles. The van der Waals surface area contributed by atoms with Gasteiger partial charge in [-0.25, -0.2) is 8.42 Å². The molecule has 9 heteroatoms. The number of nitrogens with zero attached hydrogens (tertiary/aromatic N) is 2. The van der Waals surface area contributed by atoms with Gasteiger partial charge in [0.15, 0.2) is 0 Å². The average molecular weight is 456 g/mol. The lowest BCUT2D eigenvalue weighted by molar-refractivity contribution is -0.384. The Bertz CT molecular complexity index is 1270. The molecule has 3 aromatic rings. The second kappa shape index (κ2) is 9.35. The Kier molecular flexibility index (Phi) is 6.78. The van der Waals surface area contributed by atoms with Crippen LogP contribution in [-0.2, 0) is 21.4 Å². The highest BCUT2D eigenvalue weighted by Gasteiger charge is 2.33. The van der Waals surface area contributed by atoms with E-state index in [9.17, 15) is 23.3 Å². The molecule has 0 saturated carbocycles. The maximum absolute atomic E-state index is 13.1. The van der Waals surface area contributed by atoms with E-state index in [1.54, 1.807) is 13.8 Å². The molecule has 0 heterocycles. The molecule has 8 nitrogen and oxygen atoms in total. The van der Waals surface area contributed by atoms with Crippen molar-refractivity contribution < 1.29 is 18.1 Å². The zero-order chi connectivity index (χ0) is 23.5. The van der Waals surface area contributed by atoms with E-state index in [0.717, 1.165) is 26.9 Å². The summed E-state index contributed by atoms with van der Waals surface area (Å²) < 4.78 is 26.4. The number of carbonyl (C=O) groups is 1. The van der Waals surface area contributed by atoms with Crippen LogP contribution in [0.2, 0.25) is 0 Å². The van der Waals surface area contributed by atoms with Crippen LogP contribution < -0.4 is 9.62 Å². The molecule has 0 bridgehead atoms. The van der Waals surface area contributed by atoms with Crippen molar-refractivity contribution in [3.8, 4) is 0 Å². The normalized spacial score (nSPS) is 12.3. The van der Waals surface area contributed by atoms with Gasteiger partial charge < -0.3 is 5.32 Å². The van der Waals surface area contributed by atoms with Gasteiger partial charge in [0.2, 0.25) is 15.9 Å². The van der Waals surface area contributed by atoms with Gasteiger partial charge >= 0.3 is 0 Å². The van der Waals surface area contributed by atoms with Crippen LogP contribution in [-0.4, -0.2) is 31.5 Å². The van der Waals surface area contributed by atoms with E-state index >= 15 is 0 Å². The molecule has 0 radical (unpaired) electrons. The Hall–Kier alpha value is -3.46. The second-order valence-corrected chi connectivity index (χ2v) is 9.43. The van der Waals surface area contributed by atoms with E-state index in [-0.39, 0.29) is 24.3 Å². The van der Waals surface area contributed by atoms with Crippen LogP contribution in [0.1, 0.15) is 24.5 Å². The number of nitrogens with one attached hydrogen (secondary N) is 1. The summed E-state index contributed by atoms with van der Waals surface area (Å²) >= 11 is 0. The van der Waals surface area contributed by atoms with Gasteiger partial charge in [-0.1, -0.05) is 55.5 Å². The monoisotopic (exact) mass is 455 g/mol. The lowest BCUT2D eigenvalue weighted by Gasteiger charge is -2.31. The summed E-state index contributed by atoms with van der Waals surface area (Å²) in [7, 11) is -3.91. The van der Waals surface area contributed by atoms with Crippen molar-refractivity contribution in [1.29, 1.82) is 0 Å². The first kappa shape index (κ1) is 23.2. The van der Waals surface area contributed by atoms with Crippen molar-refractivity contribution in [1.82, 2.24) is 5.32 Å². The number of benzene rings is 3. The van der Waals surface area contributed by atoms with Gasteiger partial charge in [-0.2, -0.15) is 0 Å². The molecule has 3 rings (SSSR count). The molecular weight excluding hydrogens is 430 g/mol. The fourth-order valence-electron chi connectivity index (χ4n) is 3.73. The van der Waals surface area contributed by atoms with Crippen LogP contribution >= 0.6 is 0 Å². The number of nitro benzene ring substituents is 1. The van der Waals surface area contributed by atoms with Crippen molar-refractivity contribution in [2.45, 2.75) is 32.9 Å². The summed E-state index contributed by atoms with van der Waals surface area (Å²) in [5.74, 6) is -0.475. The summed E-state index contributed by atoms with van der Waals surface area (Å²) in [6.45, 7) is 3.58. The molecule has 0 aliphatic heterocycles. The molecule has 1 amide bonds. The summed E-state index contributed by atoms with van der Waals surface area (Å²) in [4.78, 5) is 23.8. The van der Waals surface area contributed by atoms with Crippen molar-refractivity contribution in [2.24, 2.45) is 0 Å². The average Bonchev–Trinajstić information content (AvgIpc) is 2.75. The van der Waals surface area contributed by atoms with Gasteiger partial charge in [0.25, 0.3) is 5.69 Å². The van der Waals surface area contributed by atoms with Gasteiger partial charge in [0, 0.05) is 18.7 Å². The molecule has 0 aliphatic carbocycles. The van der Waals surface area contributed by atoms with Crippen LogP contribution in [0, 0.1) is 17.0 Å². The minimum absolute atomic E-state index is 0.119. The van der Waals surface area contributed by atoms with E-state index in [4.69, 9.17) is 0 Å². The van der Waals surface area contributed by atoms with Crippen LogP contribution in [0.4, 0.5) is 11.4 Å². The quantitative estimate of drug-likeness (QED) is 0.409. The molecule has 32 heavy (non-hydrogen) atoms. The largest absolute Gasteiger partial charge is 0.350 e. The first-order valence-corrected chi connectivity index (χ1v) is 12.0. The predicted molar refractivity (Wildman–Crippen MR) is 125 cm³/mol. The van der Waals surface area contributed by atoms with Gasteiger partial charge in [0.1, 0.15) is 6.04 Å². The van der Waals surface area contributed by atoms with Crippen molar-refractivity contribution in [3.05, 3.63) is 81.9 Å². The molecule has 3 aromatic carbocycles. The molecule has 1 N–H and O–H groups in total. The highest BCUT2D eigenvalue weighted by atomic mass is 32.2. The Morgan fingerprint density at radius 2 is 1.81 bits per heavy atom. The summed E-state index contributed by atoms with van der Waals surface area (Å²) in [5.41, 5.74) is 1.30. The third kappa shape index (κ3) is 4.88. The van der Waals surface area contributed by atoms with Crippen LogP contribution in [0.5, 0.6) is 0 Å². The van der Waals surface area contributed by atoms with Crippen molar-refractivity contribution in [2.75, 3.05) is 10.6 Å². The summed E-state index contributed by atoms with van der Waals surface area (Å²) in [6, 6.07) is 16.5. The number of sulfonamides is 1. The van der Waals surface area contributed by atoms with E-state index in [0.29, 0.717) is 5.56 Å². The standard InChI is InChI=1S/C23H25N3O5S/c1-4-21(23(27)24-15-18-10-7-9-17-8-5-6-11-20(17)18)25(32(3,30)31)22-14-19(26(28)29)13-12-16(22)2/h5-14,21H,4,15H2,1-3H3,(H,24,27)/t21-/m1/s1. The van der Waals surface area contributed by atoms with E-state index < -0.39 is 26.9 Å². The first-order chi connectivity index (χ1) is 15.1. The third-order valence-corrected chi connectivity index (χ3v) is 6.47. The van der Waals surface area contributed by atoms with Crippen molar-refractivity contribution in [3.63, 3.8) is 0 Å². The minimum Gasteiger partial charge on any atom is -0.350 e. The molecule has 0 fully saturated rings. The zero-order valence-electron chi connectivity index (χ0n) is 18.1. The lowest BCUT2D eigenvalue weighted by atomic mass is 10.0. The number of rotatable bonds is 8. The Labute approximate surface area is 187 Å². The number of nitro groups is 1. The zero-order valence-corrected chi connectivity index (χ0v) is 18.9. The molecule has 0 unspecified atom stereocenters. The number of amides is 1. The van der Waals surface area contributed by atoms with Crippen molar-refractivity contribution >= 4 is 38.1 Å². The maximum Gasteiger partial charge on any atom is 0.271 e. The molecule has 168 valence electrons. The number of fused-ring (bicyclic) bond motifs is 1. The van der Waals surface area contributed by atoms with E-state index in [2.05, 4.69) is 5.32 Å². The molecule has 1 atom stereocenters. The highest BCUT2D eigenvalue weighted by Crippen LogP contribution is 2.30. The highest BCUT2D eigenvalue weighted by molar-refractivity contribution is 7.92. The molecule has 0 aliphatic rings. The van der Waals surface area contributed by atoms with Gasteiger partial charge in [0.05, 0.1) is 16.9 Å². The second-order valence-electron chi connectivity index (χ2n) is 7.57. The Balaban J connectivity index is 1.93. The number of anilines is 1. The fraction of sp³-hybridized carbons (Fsp3) is 0.261. The van der Waals surface area contributed by atoms with Crippen LogP contribution in [0.25, 0.3) is 10.8 Å². The first-order valence-electron chi connectivity index (χ1n) is 10.1. The van der Waals surface area contributed by atoms with Gasteiger partial charge in [-0.15, -0.1) is 0 Å². The van der Waals surface area contributed by atoms with Crippen LogP contribution in [0.3, 0.4) is 0 Å². The van der Waals surface area contributed by atoms with Crippen LogP contribution in [0.15, 0.2) is 60.7 Å². The molecule has 0 saturated heterocycles. The van der Waals surface area contributed by atoms with Gasteiger partial charge in [-0.3, -0.25) is 19.2 Å². The molecular formula is C23H25N3O5S. The van der Waals surface area contributed by atoms with E-state index in [1.807, 2.05) is 42.5 Å². The smallest absolute Gasteiger partial charge is 0.271 e. The molecule has 0 spiro atoms. The minimum atomic E-state index is -3.91. The Morgan fingerprint density at radius 3 is 2.47 bits per heavy atom. The summed E-state index contributed by atoms with van der Waals surface area (Å²) in [6.07, 6.45) is 1.18. The summed E-state index contributed by atoms with van der Waals surface area (Å²) in [5, 5.41) is 16.1. The third-order valence-electron chi connectivity index (χ3n) is 5.30. The fourth-order valence-corrected chi connectivity index (χ4v) is 4.99. The van der Waals surface area contributed by atoms with Gasteiger partial charge in [-0.05, 0) is 35.2 Å². The number of hydrogen-bond acceptors (Lipinski definition) is 5. The number of carbonyl (C=O) groups excluding carboxylic acids is 1. The van der Waals surface area contributed by atoms with E-state index in [1.165, 1.54) is 18.2 Å². The number of aryl methyl sites for hydroxylation is 1. The SMILES string of the molecule is CC[C@H](C(=O)NCc1cccc2ccccc12)N(c1cc([N+](=O)[O-])ccc1C)S(C)(=O)=O.